The van der Waals surface area contributed by atoms with E-state index < -0.39 is 5.92 Å². The first-order valence-corrected chi connectivity index (χ1v) is 8.85. The van der Waals surface area contributed by atoms with Crippen LogP contribution in [0.15, 0.2) is 12.1 Å². The molecule has 2 saturated heterocycles. The average molecular weight is 377 g/mol. The largest absolute Gasteiger partial charge is 0.496 e. The highest BCUT2D eigenvalue weighted by atomic mass is 35.5. The molecular weight excluding hydrogens is 356 g/mol. The normalized spacial score (nSPS) is 18.5. The molecule has 2 heterocycles. The van der Waals surface area contributed by atoms with Gasteiger partial charge in [0.2, 0.25) is 0 Å². The van der Waals surface area contributed by atoms with Crippen LogP contribution in [0.1, 0.15) is 36.8 Å². The van der Waals surface area contributed by atoms with E-state index in [4.69, 9.17) is 21.1 Å². The molecule has 26 heavy (non-hydrogen) atoms. The van der Waals surface area contributed by atoms with Crippen LogP contribution in [-0.4, -0.2) is 55.2 Å². The Morgan fingerprint density at radius 1 is 1.12 bits per heavy atom. The van der Waals surface area contributed by atoms with Crippen LogP contribution in [0.5, 0.6) is 5.75 Å². The minimum atomic E-state index is -0.986. The molecule has 0 aliphatic carbocycles. The van der Waals surface area contributed by atoms with E-state index in [0.29, 0.717) is 47.8 Å². The number of benzene rings is 1. The SMILES string of the molecule is CC#Cc1cc(Cl)c(C2C(=O)N3CCC(OC)CCN3C2=O)c(OC)c1. The predicted octanol–water partition coefficient (Wildman–Crippen LogP) is 2.20. The van der Waals surface area contributed by atoms with Gasteiger partial charge in [-0.1, -0.05) is 17.5 Å². The highest BCUT2D eigenvalue weighted by Crippen LogP contribution is 2.40. The van der Waals surface area contributed by atoms with E-state index in [1.165, 1.54) is 17.1 Å². The molecule has 7 heteroatoms. The highest BCUT2D eigenvalue weighted by molar-refractivity contribution is 6.32. The van der Waals surface area contributed by atoms with E-state index in [9.17, 15) is 9.59 Å². The maximum atomic E-state index is 13.0. The van der Waals surface area contributed by atoms with Gasteiger partial charge in [-0.15, -0.1) is 5.92 Å². The van der Waals surface area contributed by atoms with Crippen molar-refractivity contribution in [3.63, 3.8) is 0 Å². The molecule has 1 aromatic carbocycles. The molecule has 6 nitrogen and oxygen atoms in total. The standard InChI is InChI=1S/C19H21ClN2O4/c1-4-5-12-10-14(20)16(15(11-12)26-3)17-18(23)21-8-6-13(25-2)7-9-22(21)19(17)24/h10-11,13,17H,6-9H2,1-3H3. The van der Waals surface area contributed by atoms with E-state index >= 15 is 0 Å². The van der Waals surface area contributed by atoms with Gasteiger partial charge in [-0.3, -0.25) is 19.6 Å². The molecule has 2 fully saturated rings. The van der Waals surface area contributed by atoms with E-state index in [1.54, 1.807) is 26.2 Å². The molecule has 0 saturated carbocycles. The molecule has 0 N–H and O–H groups in total. The van der Waals surface area contributed by atoms with E-state index in [0.717, 1.165) is 0 Å². The summed E-state index contributed by atoms with van der Waals surface area (Å²) in [4.78, 5) is 26.0. The molecule has 0 unspecified atom stereocenters. The number of hydrogen-bond acceptors (Lipinski definition) is 4. The van der Waals surface area contributed by atoms with Gasteiger partial charge in [-0.05, 0) is 31.9 Å². The second-order valence-corrected chi connectivity index (χ2v) is 6.65. The topological polar surface area (TPSA) is 59.1 Å². The smallest absolute Gasteiger partial charge is 0.258 e. The molecule has 3 rings (SSSR count). The highest BCUT2D eigenvalue weighted by Gasteiger charge is 2.49. The van der Waals surface area contributed by atoms with Crippen molar-refractivity contribution in [3.05, 3.63) is 28.3 Å². The third-order valence-corrected chi connectivity index (χ3v) is 5.14. The molecule has 0 atom stereocenters. The molecule has 2 aliphatic heterocycles. The molecule has 0 radical (unpaired) electrons. The summed E-state index contributed by atoms with van der Waals surface area (Å²) in [6.45, 7) is 2.61. The number of nitrogens with zero attached hydrogens (tertiary/aromatic N) is 2. The molecule has 1 aromatic rings. The summed E-state index contributed by atoms with van der Waals surface area (Å²) in [5, 5.41) is 3.34. The number of carbonyl (C=O) groups excluding carboxylic acids is 2. The molecule has 2 aliphatic rings. The van der Waals surface area contributed by atoms with E-state index in [2.05, 4.69) is 11.8 Å². The number of carbonyl (C=O) groups is 2. The summed E-state index contributed by atoms with van der Waals surface area (Å²) < 4.78 is 10.8. The molecule has 2 amide bonds. The third-order valence-electron chi connectivity index (χ3n) is 4.82. The van der Waals surface area contributed by atoms with Crippen LogP contribution in [0.3, 0.4) is 0 Å². The number of fused-ring (bicyclic) bond motifs is 1. The molecule has 138 valence electrons. The number of ether oxygens (including phenoxy) is 2. The van der Waals surface area contributed by atoms with Crippen molar-refractivity contribution < 1.29 is 19.1 Å². The van der Waals surface area contributed by atoms with Gasteiger partial charge in [0.05, 0.1) is 18.2 Å². The van der Waals surface area contributed by atoms with Crippen molar-refractivity contribution in [1.29, 1.82) is 0 Å². The average Bonchev–Trinajstić information content (AvgIpc) is 2.79. The van der Waals surface area contributed by atoms with Crippen LogP contribution >= 0.6 is 11.6 Å². The fourth-order valence-corrected chi connectivity index (χ4v) is 3.84. The van der Waals surface area contributed by atoms with Gasteiger partial charge in [0.25, 0.3) is 11.8 Å². The van der Waals surface area contributed by atoms with Gasteiger partial charge < -0.3 is 9.47 Å². The first-order valence-electron chi connectivity index (χ1n) is 8.47. The zero-order valence-electron chi connectivity index (χ0n) is 15.0. The Morgan fingerprint density at radius 2 is 1.73 bits per heavy atom. The molecular formula is C19H21ClN2O4. The lowest BCUT2D eigenvalue weighted by molar-refractivity contribution is -0.145. The Bertz CT molecular complexity index is 773. The van der Waals surface area contributed by atoms with Crippen molar-refractivity contribution in [2.75, 3.05) is 27.3 Å². The lowest BCUT2D eigenvalue weighted by Crippen LogP contribution is -2.40. The Kier molecular flexibility index (Phi) is 5.40. The maximum absolute atomic E-state index is 13.0. The quantitative estimate of drug-likeness (QED) is 0.599. The number of hydrazine groups is 1. The van der Waals surface area contributed by atoms with Gasteiger partial charge in [-0.2, -0.15) is 0 Å². The zero-order valence-corrected chi connectivity index (χ0v) is 15.8. The van der Waals surface area contributed by atoms with Crippen molar-refractivity contribution in [3.8, 4) is 17.6 Å². The van der Waals surface area contributed by atoms with E-state index in [1.807, 2.05) is 0 Å². The number of amides is 2. The minimum absolute atomic E-state index is 0.0460. The monoisotopic (exact) mass is 376 g/mol. The molecule has 0 aromatic heterocycles. The molecule has 0 bridgehead atoms. The fourth-order valence-electron chi connectivity index (χ4n) is 3.52. The Morgan fingerprint density at radius 3 is 2.23 bits per heavy atom. The van der Waals surface area contributed by atoms with Gasteiger partial charge in [0.15, 0.2) is 5.92 Å². The van der Waals surface area contributed by atoms with Crippen LogP contribution in [-0.2, 0) is 14.3 Å². The molecule has 0 spiro atoms. The second-order valence-electron chi connectivity index (χ2n) is 6.24. The number of methoxy groups -OCH3 is 2. The first-order chi connectivity index (χ1) is 12.5. The third kappa shape index (κ3) is 3.13. The van der Waals surface area contributed by atoms with Gasteiger partial charge >= 0.3 is 0 Å². The van der Waals surface area contributed by atoms with Gasteiger partial charge in [-0.25, -0.2) is 0 Å². The lowest BCUT2D eigenvalue weighted by Gasteiger charge is -2.24. The zero-order chi connectivity index (χ0) is 18.8. The van der Waals surface area contributed by atoms with Crippen molar-refractivity contribution in [2.24, 2.45) is 0 Å². The Labute approximate surface area is 158 Å². The van der Waals surface area contributed by atoms with Crippen LogP contribution in [0, 0.1) is 11.8 Å². The van der Waals surface area contributed by atoms with Crippen molar-refractivity contribution in [1.82, 2.24) is 10.0 Å². The van der Waals surface area contributed by atoms with Crippen molar-refractivity contribution >= 4 is 23.4 Å². The summed E-state index contributed by atoms with van der Waals surface area (Å²) >= 11 is 6.43. The second kappa shape index (κ2) is 7.56. The van der Waals surface area contributed by atoms with Gasteiger partial charge in [0.1, 0.15) is 5.75 Å². The van der Waals surface area contributed by atoms with Crippen LogP contribution < -0.4 is 4.74 Å². The minimum Gasteiger partial charge on any atom is -0.496 e. The number of hydrogen-bond donors (Lipinski definition) is 0. The predicted molar refractivity (Wildman–Crippen MR) is 96.8 cm³/mol. The fraction of sp³-hybridized carbons (Fsp3) is 0.474. The van der Waals surface area contributed by atoms with Crippen LogP contribution in [0.4, 0.5) is 0 Å². The summed E-state index contributed by atoms with van der Waals surface area (Å²) in [5.41, 5.74) is 1.08. The lowest BCUT2D eigenvalue weighted by atomic mass is 9.95. The number of rotatable bonds is 3. The van der Waals surface area contributed by atoms with E-state index in [-0.39, 0.29) is 17.9 Å². The summed E-state index contributed by atoms with van der Waals surface area (Å²) in [7, 11) is 3.14. The van der Waals surface area contributed by atoms with Crippen LogP contribution in [0.25, 0.3) is 0 Å². The summed E-state index contributed by atoms with van der Waals surface area (Å²) in [6, 6.07) is 3.37. The summed E-state index contributed by atoms with van der Waals surface area (Å²) in [5.74, 6) is 4.57. The first kappa shape index (κ1) is 18.6. The van der Waals surface area contributed by atoms with Crippen molar-refractivity contribution in [2.45, 2.75) is 31.8 Å². The summed E-state index contributed by atoms with van der Waals surface area (Å²) in [6.07, 6.45) is 1.42. The number of halogens is 1. The van der Waals surface area contributed by atoms with Gasteiger partial charge in [0, 0.05) is 31.3 Å². The Balaban J connectivity index is 1.99. The Hall–Kier alpha value is -2.23. The van der Waals surface area contributed by atoms with Crippen LogP contribution in [0.2, 0.25) is 5.02 Å². The maximum Gasteiger partial charge on any atom is 0.258 e.